The monoisotopic (exact) mass is 425 g/mol. The predicted octanol–water partition coefficient (Wildman–Crippen LogP) is 1.93. The number of benzene rings is 2. The Balaban J connectivity index is 1.74. The Hall–Kier alpha value is -3.88. The van der Waals surface area contributed by atoms with Crippen LogP contribution in [0.3, 0.4) is 0 Å². The fourth-order valence-corrected chi connectivity index (χ4v) is 3.01. The van der Waals surface area contributed by atoms with Gasteiger partial charge in [-0.3, -0.25) is 19.3 Å². The van der Waals surface area contributed by atoms with Gasteiger partial charge in [-0.15, -0.1) is 0 Å². The van der Waals surface area contributed by atoms with Crippen molar-refractivity contribution in [1.82, 2.24) is 4.90 Å². The van der Waals surface area contributed by atoms with E-state index in [0.717, 1.165) is 0 Å². The second-order valence-electron chi connectivity index (χ2n) is 7.00. The number of esters is 1. The fraction of sp³-hybridized carbons (Fsp3) is 0.273. The Morgan fingerprint density at radius 2 is 1.77 bits per heavy atom. The summed E-state index contributed by atoms with van der Waals surface area (Å²) in [7, 11) is 3.25. The molecule has 0 fully saturated rings. The molecule has 1 aliphatic heterocycles. The first kappa shape index (κ1) is 21.8. The van der Waals surface area contributed by atoms with Crippen LogP contribution in [0.1, 0.15) is 27.6 Å². The smallest absolute Gasteiger partial charge is 0.338 e. The molecule has 0 aliphatic carbocycles. The summed E-state index contributed by atoms with van der Waals surface area (Å²) >= 11 is 0. The van der Waals surface area contributed by atoms with Crippen molar-refractivity contribution in [2.24, 2.45) is 0 Å². The zero-order valence-corrected chi connectivity index (χ0v) is 17.5. The molecule has 3 amide bonds. The van der Waals surface area contributed by atoms with Crippen molar-refractivity contribution in [3.8, 4) is 5.75 Å². The van der Waals surface area contributed by atoms with E-state index in [9.17, 15) is 19.2 Å². The highest BCUT2D eigenvalue weighted by molar-refractivity contribution is 6.06. The average molecular weight is 425 g/mol. The normalized spacial score (nSPS) is 12.5. The number of ether oxygens (including phenoxy) is 2. The summed E-state index contributed by atoms with van der Waals surface area (Å²) in [6.45, 7) is 1.54. The van der Waals surface area contributed by atoms with Crippen molar-refractivity contribution in [2.75, 3.05) is 44.1 Å². The maximum absolute atomic E-state index is 12.6. The summed E-state index contributed by atoms with van der Waals surface area (Å²) in [5, 5.41) is 2.69. The molecule has 0 aromatic heterocycles. The molecular formula is C22H23N3O6. The van der Waals surface area contributed by atoms with Gasteiger partial charge in [-0.25, -0.2) is 4.79 Å². The minimum atomic E-state index is -0.445. The molecule has 162 valence electrons. The van der Waals surface area contributed by atoms with Crippen LogP contribution in [0.5, 0.6) is 5.75 Å². The predicted molar refractivity (Wildman–Crippen MR) is 113 cm³/mol. The molecule has 9 nitrogen and oxygen atoms in total. The quantitative estimate of drug-likeness (QED) is 0.709. The van der Waals surface area contributed by atoms with E-state index in [0.29, 0.717) is 28.3 Å². The van der Waals surface area contributed by atoms with Crippen molar-refractivity contribution in [2.45, 2.75) is 6.92 Å². The van der Waals surface area contributed by atoms with Crippen molar-refractivity contribution in [3.05, 3.63) is 53.6 Å². The molecule has 3 rings (SSSR count). The summed E-state index contributed by atoms with van der Waals surface area (Å²) in [6.07, 6.45) is 0. The number of rotatable bonds is 6. The van der Waals surface area contributed by atoms with E-state index in [1.54, 1.807) is 57.4 Å². The van der Waals surface area contributed by atoms with Crippen LogP contribution in [0, 0.1) is 0 Å². The number of hydrogen-bond donors (Lipinski definition) is 1. The Morgan fingerprint density at radius 3 is 2.42 bits per heavy atom. The fourth-order valence-electron chi connectivity index (χ4n) is 3.01. The number of anilines is 2. The summed E-state index contributed by atoms with van der Waals surface area (Å²) in [6, 6.07) is 11.0. The van der Waals surface area contributed by atoms with Crippen LogP contribution in [0.25, 0.3) is 0 Å². The first-order valence-electron chi connectivity index (χ1n) is 9.66. The van der Waals surface area contributed by atoms with E-state index in [-0.39, 0.29) is 25.7 Å². The maximum Gasteiger partial charge on any atom is 0.338 e. The number of nitrogens with one attached hydrogen (secondary N) is 1. The summed E-state index contributed by atoms with van der Waals surface area (Å²) < 4.78 is 10.4. The molecule has 0 saturated heterocycles. The number of carbonyl (C=O) groups is 4. The third-order valence-corrected chi connectivity index (χ3v) is 4.54. The van der Waals surface area contributed by atoms with E-state index in [4.69, 9.17) is 9.47 Å². The molecule has 0 atom stereocenters. The number of carbonyl (C=O) groups excluding carboxylic acids is 4. The Kier molecular flexibility index (Phi) is 6.54. The largest absolute Gasteiger partial charge is 0.482 e. The summed E-state index contributed by atoms with van der Waals surface area (Å²) in [5.41, 5.74) is 1.57. The van der Waals surface area contributed by atoms with Gasteiger partial charge in [0.25, 0.3) is 11.8 Å². The van der Waals surface area contributed by atoms with Crippen LogP contribution < -0.4 is 15.0 Å². The number of hydrogen-bond acceptors (Lipinski definition) is 6. The number of amides is 3. The molecular weight excluding hydrogens is 402 g/mol. The highest BCUT2D eigenvalue weighted by atomic mass is 16.5. The van der Waals surface area contributed by atoms with E-state index < -0.39 is 17.8 Å². The van der Waals surface area contributed by atoms with Gasteiger partial charge in [0.15, 0.2) is 6.61 Å². The van der Waals surface area contributed by atoms with Gasteiger partial charge >= 0.3 is 5.97 Å². The minimum Gasteiger partial charge on any atom is -0.482 e. The molecule has 0 spiro atoms. The average Bonchev–Trinajstić information content (AvgIpc) is 2.75. The number of fused-ring (bicyclic) bond motifs is 1. The standard InChI is InChI=1S/C22H23N3O6/c1-4-30-22(29)14-5-8-16(9-6-14)23-19(26)12-25-17-11-15(21(28)24(2)3)7-10-18(17)31-13-20(25)27/h5-11H,4,12-13H2,1-3H3,(H,23,26). The lowest BCUT2D eigenvalue weighted by Crippen LogP contribution is -2.43. The molecule has 9 heteroatoms. The van der Waals surface area contributed by atoms with Gasteiger partial charge in [-0.1, -0.05) is 0 Å². The van der Waals surface area contributed by atoms with Crippen LogP contribution in [0.2, 0.25) is 0 Å². The molecule has 1 N–H and O–H groups in total. The Labute approximate surface area is 179 Å². The second kappa shape index (κ2) is 9.29. The van der Waals surface area contributed by atoms with Crippen LogP contribution in [-0.2, 0) is 14.3 Å². The third-order valence-electron chi connectivity index (χ3n) is 4.54. The van der Waals surface area contributed by atoms with Gasteiger partial charge in [0.05, 0.1) is 17.9 Å². The van der Waals surface area contributed by atoms with Gasteiger partial charge in [-0.2, -0.15) is 0 Å². The lowest BCUT2D eigenvalue weighted by Gasteiger charge is -2.29. The Morgan fingerprint density at radius 1 is 1.10 bits per heavy atom. The second-order valence-corrected chi connectivity index (χ2v) is 7.00. The lowest BCUT2D eigenvalue weighted by molar-refractivity contribution is -0.123. The molecule has 0 saturated carbocycles. The highest BCUT2D eigenvalue weighted by Crippen LogP contribution is 2.33. The van der Waals surface area contributed by atoms with Crippen LogP contribution in [0.4, 0.5) is 11.4 Å². The molecule has 2 aromatic carbocycles. The van der Waals surface area contributed by atoms with Crippen molar-refractivity contribution in [3.63, 3.8) is 0 Å². The molecule has 1 aliphatic rings. The van der Waals surface area contributed by atoms with Gasteiger partial charge < -0.3 is 19.7 Å². The van der Waals surface area contributed by atoms with Crippen LogP contribution >= 0.6 is 0 Å². The van der Waals surface area contributed by atoms with Crippen molar-refractivity contribution >= 4 is 35.1 Å². The number of nitrogens with zero attached hydrogens (tertiary/aromatic N) is 2. The highest BCUT2D eigenvalue weighted by Gasteiger charge is 2.28. The molecule has 1 heterocycles. The summed E-state index contributed by atoms with van der Waals surface area (Å²) in [5.74, 6) is -1.09. The maximum atomic E-state index is 12.6. The molecule has 31 heavy (non-hydrogen) atoms. The van der Waals surface area contributed by atoms with Gasteiger partial charge in [-0.05, 0) is 49.4 Å². The van der Waals surface area contributed by atoms with Crippen molar-refractivity contribution < 1.29 is 28.7 Å². The van der Waals surface area contributed by atoms with Gasteiger partial charge in [0, 0.05) is 25.3 Å². The van der Waals surface area contributed by atoms with Gasteiger partial charge in [0.2, 0.25) is 5.91 Å². The van der Waals surface area contributed by atoms with Gasteiger partial charge in [0.1, 0.15) is 12.3 Å². The zero-order chi connectivity index (χ0) is 22.5. The SMILES string of the molecule is CCOC(=O)c1ccc(NC(=O)CN2C(=O)COc3ccc(C(=O)N(C)C)cc32)cc1. The van der Waals surface area contributed by atoms with Crippen LogP contribution in [-0.4, -0.2) is 62.4 Å². The Bertz CT molecular complexity index is 1020. The van der Waals surface area contributed by atoms with E-state index in [1.807, 2.05) is 0 Å². The minimum absolute atomic E-state index is 0.199. The molecule has 0 bridgehead atoms. The van der Waals surface area contributed by atoms with E-state index in [1.165, 1.54) is 15.9 Å². The molecule has 0 radical (unpaired) electrons. The van der Waals surface area contributed by atoms with Crippen LogP contribution in [0.15, 0.2) is 42.5 Å². The molecule has 2 aromatic rings. The topological polar surface area (TPSA) is 105 Å². The lowest BCUT2D eigenvalue weighted by atomic mass is 10.1. The first-order chi connectivity index (χ1) is 14.8. The van der Waals surface area contributed by atoms with E-state index >= 15 is 0 Å². The summed E-state index contributed by atoms with van der Waals surface area (Å²) in [4.78, 5) is 51.7. The van der Waals surface area contributed by atoms with Crippen molar-refractivity contribution in [1.29, 1.82) is 0 Å². The molecule has 0 unspecified atom stereocenters. The van der Waals surface area contributed by atoms with E-state index in [2.05, 4.69) is 5.32 Å². The third kappa shape index (κ3) is 5.00. The first-order valence-corrected chi connectivity index (χ1v) is 9.66. The zero-order valence-electron chi connectivity index (χ0n) is 17.5.